The number of nitrogens with zero attached hydrogens (tertiary/aromatic N) is 3. The second-order valence-electron chi connectivity index (χ2n) is 6.64. The fourth-order valence-corrected chi connectivity index (χ4v) is 3.39. The van der Waals surface area contributed by atoms with Crippen molar-refractivity contribution in [1.82, 2.24) is 14.3 Å². The van der Waals surface area contributed by atoms with Crippen LogP contribution in [-0.4, -0.2) is 39.9 Å². The molecule has 1 aliphatic heterocycles. The first kappa shape index (κ1) is 15.7. The number of amides is 1. The molecule has 1 amide bonds. The molecule has 0 saturated heterocycles. The summed E-state index contributed by atoms with van der Waals surface area (Å²) in [4.78, 5) is 18.8. The first-order valence-corrected chi connectivity index (χ1v) is 8.52. The second kappa shape index (κ2) is 6.24. The lowest BCUT2D eigenvalue weighted by Gasteiger charge is -2.21. The van der Waals surface area contributed by atoms with Crippen LogP contribution in [0.2, 0.25) is 0 Å². The van der Waals surface area contributed by atoms with Gasteiger partial charge < -0.3 is 14.0 Å². The van der Waals surface area contributed by atoms with Crippen LogP contribution < -0.4 is 4.74 Å². The molecular weight excluding hydrogens is 314 g/mol. The Kier molecular flexibility index (Phi) is 3.92. The van der Waals surface area contributed by atoms with Gasteiger partial charge in [-0.05, 0) is 30.2 Å². The maximum atomic E-state index is 12.6. The average Bonchev–Trinajstić information content (AvgIpc) is 3.19. The van der Waals surface area contributed by atoms with E-state index in [1.807, 2.05) is 54.9 Å². The van der Waals surface area contributed by atoms with E-state index in [0.717, 1.165) is 29.1 Å². The van der Waals surface area contributed by atoms with Gasteiger partial charge in [0.15, 0.2) is 0 Å². The lowest BCUT2D eigenvalue weighted by molar-refractivity contribution is -0.130. The average molecular weight is 335 g/mol. The number of para-hydroxylation sites is 1. The second-order valence-corrected chi connectivity index (χ2v) is 6.64. The fraction of sp³-hybridized carbons (Fsp3) is 0.300. The third kappa shape index (κ3) is 2.97. The number of hydrogen-bond acceptors (Lipinski definition) is 3. The van der Waals surface area contributed by atoms with Crippen molar-refractivity contribution in [3.05, 3.63) is 65.6 Å². The standard InChI is InChI=1S/C20H21N3O2/c1-14-6-5-9-23-16(12-21-20(14)23)11-19(24)22(2)13-17-10-15-7-3-4-8-18(15)25-17/h3-9,12,17H,10-11,13H2,1-2H3. The molecule has 0 N–H and O–H groups in total. The van der Waals surface area contributed by atoms with Gasteiger partial charge in [-0.3, -0.25) is 4.79 Å². The van der Waals surface area contributed by atoms with Crippen LogP contribution in [0.15, 0.2) is 48.8 Å². The number of likely N-dealkylation sites (N-methyl/N-ethyl adjacent to an activating group) is 1. The van der Waals surface area contributed by atoms with E-state index < -0.39 is 0 Å². The number of aromatic nitrogens is 2. The lowest BCUT2D eigenvalue weighted by atomic mass is 10.1. The Morgan fingerprint density at radius 3 is 3.00 bits per heavy atom. The largest absolute Gasteiger partial charge is 0.488 e. The van der Waals surface area contributed by atoms with Gasteiger partial charge in [-0.2, -0.15) is 0 Å². The zero-order chi connectivity index (χ0) is 17.4. The Morgan fingerprint density at radius 2 is 2.16 bits per heavy atom. The van der Waals surface area contributed by atoms with Gasteiger partial charge >= 0.3 is 0 Å². The summed E-state index contributed by atoms with van der Waals surface area (Å²) in [5, 5.41) is 0. The van der Waals surface area contributed by atoms with Gasteiger partial charge in [0.2, 0.25) is 5.91 Å². The van der Waals surface area contributed by atoms with Crippen molar-refractivity contribution in [2.24, 2.45) is 0 Å². The van der Waals surface area contributed by atoms with E-state index >= 15 is 0 Å². The first-order chi connectivity index (χ1) is 12.1. The molecule has 5 heteroatoms. The molecule has 1 atom stereocenters. The summed E-state index contributed by atoms with van der Waals surface area (Å²) >= 11 is 0. The molecule has 3 aromatic rings. The monoisotopic (exact) mass is 335 g/mol. The summed E-state index contributed by atoms with van der Waals surface area (Å²) in [7, 11) is 1.84. The molecule has 3 heterocycles. The molecule has 5 nitrogen and oxygen atoms in total. The molecule has 4 rings (SSSR count). The minimum Gasteiger partial charge on any atom is -0.488 e. The minimum atomic E-state index is 0.0239. The number of imidazole rings is 1. The number of fused-ring (bicyclic) bond motifs is 2. The predicted molar refractivity (Wildman–Crippen MR) is 95.8 cm³/mol. The van der Waals surface area contributed by atoms with E-state index in [2.05, 4.69) is 11.1 Å². The van der Waals surface area contributed by atoms with Crippen LogP contribution in [0.5, 0.6) is 5.75 Å². The summed E-state index contributed by atoms with van der Waals surface area (Å²) in [5.41, 5.74) is 4.13. The van der Waals surface area contributed by atoms with E-state index in [0.29, 0.717) is 13.0 Å². The summed E-state index contributed by atoms with van der Waals surface area (Å²) in [6.45, 7) is 2.61. The van der Waals surface area contributed by atoms with Gasteiger partial charge in [-0.1, -0.05) is 24.3 Å². The van der Waals surface area contributed by atoms with Gasteiger partial charge in [0, 0.05) is 25.9 Å². The van der Waals surface area contributed by atoms with E-state index in [1.54, 1.807) is 11.1 Å². The number of ether oxygens (including phenoxy) is 1. The number of carbonyl (C=O) groups is 1. The smallest absolute Gasteiger partial charge is 0.228 e. The number of rotatable bonds is 4. The number of hydrogen-bond donors (Lipinski definition) is 0. The third-order valence-corrected chi connectivity index (χ3v) is 4.76. The molecule has 0 radical (unpaired) electrons. The third-order valence-electron chi connectivity index (χ3n) is 4.76. The van der Waals surface area contributed by atoms with Crippen molar-refractivity contribution < 1.29 is 9.53 Å². The SMILES string of the molecule is Cc1cccn2c(CC(=O)N(C)CC3Cc4ccccc4O3)cnc12. The van der Waals surface area contributed by atoms with Crippen LogP contribution in [-0.2, 0) is 17.6 Å². The van der Waals surface area contributed by atoms with Crippen LogP contribution in [0.4, 0.5) is 0 Å². The molecule has 0 saturated carbocycles. The Labute approximate surface area is 146 Å². The number of benzene rings is 1. The topological polar surface area (TPSA) is 46.8 Å². The van der Waals surface area contributed by atoms with Gasteiger partial charge in [-0.25, -0.2) is 4.98 Å². The summed E-state index contributed by atoms with van der Waals surface area (Å²) in [5.74, 6) is 1.01. The molecule has 128 valence electrons. The number of pyridine rings is 1. The van der Waals surface area contributed by atoms with Crippen molar-refractivity contribution in [1.29, 1.82) is 0 Å². The van der Waals surface area contributed by atoms with Crippen LogP contribution >= 0.6 is 0 Å². The normalized spacial score (nSPS) is 15.8. The van der Waals surface area contributed by atoms with Crippen molar-refractivity contribution in [2.45, 2.75) is 25.9 Å². The van der Waals surface area contributed by atoms with Crippen molar-refractivity contribution >= 4 is 11.6 Å². The maximum Gasteiger partial charge on any atom is 0.228 e. The van der Waals surface area contributed by atoms with E-state index in [-0.39, 0.29) is 12.0 Å². The zero-order valence-electron chi connectivity index (χ0n) is 14.5. The van der Waals surface area contributed by atoms with E-state index in [9.17, 15) is 4.79 Å². The number of aryl methyl sites for hydroxylation is 1. The maximum absolute atomic E-state index is 12.6. The Morgan fingerprint density at radius 1 is 1.32 bits per heavy atom. The molecule has 0 spiro atoms. The van der Waals surface area contributed by atoms with E-state index in [1.165, 1.54) is 5.56 Å². The lowest BCUT2D eigenvalue weighted by Crippen LogP contribution is -2.37. The highest BCUT2D eigenvalue weighted by molar-refractivity contribution is 5.78. The molecule has 1 aliphatic rings. The Balaban J connectivity index is 1.42. The van der Waals surface area contributed by atoms with Crippen LogP contribution in [0, 0.1) is 6.92 Å². The molecular formula is C20H21N3O2. The van der Waals surface area contributed by atoms with Crippen molar-refractivity contribution in [3.63, 3.8) is 0 Å². The summed E-state index contributed by atoms with van der Waals surface area (Å²) in [6, 6.07) is 12.1. The molecule has 0 aliphatic carbocycles. The fourth-order valence-electron chi connectivity index (χ4n) is 3.39. The molecule has 1 aromatic carbocycles. The van der Waals surface area contributed by atoms with Crippen molar-refractivity contribution in [3.8, 4) is 5.75 Å². The Bertz CT molecular complexity index is 907. The van der Waals surface area contributed by atoms with Crippen LogP contribution in [0.25, 0.3) is 5.65 Å². The van der Waals surface area contributed by atoms with Gasteiger partial charge in [0.1, 0.15) is 17.5 Å². The van der Waals surface area contributed by atoms with E-state index in [4.69, 9.17) is 4.74 Å². The zero-order valence-corrected chi connectivity index (χ0v) is 14.5. The highest BCUT2D eigenvalue weighted by Gasteiger charge is 2.25. The predicted octanol–water partition coefficient (Wildman–Crippen LogP) is 2.65. The minimum absolute atomic E-state index is 0.0239. The molecule has 1 unspecified atom stereocenters. The van der Waals surface area contributed by atoms with Crippen LogP contribution in [0.1, 0.15) is 16.8 Å². The first-order valence-electron chi connectivity index (χ1n) is 8.52. The summed E-state index contributed by atoms with van der Waals surface area (Å²) in [6.07, 6.45) is 4.95. The van der Waals surface area contributed by atoms with Crippen molar-refractivity contribution in [2.75, 3.05) is 13.6 Å². The highest BCUT2D eigenvalue weighted by atomic mass is 16.5. The molecule has 0 fully saturated rings. The van der Waals surface area contributed by atoms with Gasteiger partial charge in [-0.15, -0.1) is 0 Å². The molecule has 2 aromatic heterocycles. The van der Waals surface area contributed by atoms with Gasteiger partial charge in [0.05, 0.1) is 18.7 Å². The summed E-state index contributed by atoms with van der Waals surface area (Å²) < 4.78 is 7.93. The Hall–Kier alpha value is -2.82. The van der Waals surface area contributed by atoms with Gasteiger partial charge in [0.25, 0.3) is 0 Å². The molecule has 25 heavy (non-hydrogen) atoms. The molecule has 0 bridgehead atoms. The van der Waals surface area contributed by atoms with Crippen LogP contribution in [0.3, 0.4) is 0 Å². The quantitative estimate of drug-likeness (QED) is 0.736. The highest BCUT2D eigenvalue weighted by Crippen LogP contribution is 2.28. The number of carbonyl (C=O) groups excluding carboxylic acids is 1.